The molecule has 10 heteroatoms. The Morgan fingerprint density at radius 1 is 1.09 bits per heavy atom. The van der Waals surface area contributed by atoms with Crippen LogP contribution in [0.2, 0.25) is 0 Å². The molecular formula is C25H22F3N5OS. The molecule has 3 aromatic carbocycles. The highest BCUT2D eigenvalue weighted by molar-refractivity contribution is 7.80. The summed E-state index contributed by atoms with van der Waals surface area (Å²) in [5.41, 5.74) is 7.14. The molecule has 4 rings (SSSR count). The molecule has 4 aromatic rings. The molecule has 0 fully saturated rings. The van der Waals surface area contributed by atoms with Crippen LogP contribution in [-0.2, 0) is 0 Å². The molecule has 0 atom stereocenters. The van der Waals surface area contributed by atoms with Crippen molar-refractivity contribution in [2.75, 3.05) is 5.32 Å². The average molecular weight is 498 g/mol. The van der Waals surface area contributed by atoms with Gasteiger partial charge in [-0.3, -0.25) is 5.43 Å². The van der Waals surface area contributed by atoms with Crippen LogP contribution >= 0.6 is 12.2 Å². The largest absolute Gasteiger partial charge is 0.573 e. The highest BCUT2D eigenvalue weighted by atomic mass is 32.1. The number of anilines is 1. The molecule has 0 aliphatic carbocycles. The third-order valence-corrected chi connectivity index (χ3v) is 5.31. The normalized spacial score (nSPS) is 11.8. The predicted octanol–water partition coefficient (Wildman–Crippen LogP) is 6.37. The molecule has 2 N–H and O–H groups in total. The molecule has 1 heterocycles. The zero-order chi connectivity index (χ0) is 25.0. The lowest BCUT2D eigenvalue weighted by Gasteiger charge is -2.14. The molecule has 0 amide bonds. The van der Waals surface area contributed by atoms with Crippen molar-refractivity contribution in [1.29, 1.82) is 0 Å². The lowest BCUT2D eigenvalue weighted by molar-refractivity contribution is -0.274. The fourth-order valence-electron chi connectivity index (χ4n) is 3.56. The third kappa shape index (κ3) is 6.15. The molecule has 0 saturated heterocycles. The number of rotatable bonds is 6. The maximum absolute atomic E-state index is 12.4. The van der Waals surface area contributed by atoms with Crippen molar-refractivity contribution in [3.8, 4) is 11.4 Å². The Balaban J connectivity index is 1.42. The van der Waals surface area contributed by atoms with Crippen LogP contribution in [0.3, 0.4) is 0 Å². The number of nitrogens with one attached hydrogen (secondary N) is 2. The highest BCUT2D eigenvalue weighted by Crippen LogP contribution is 2.26. The maximum atomic E-state index is 12.4. The van der Waals surface area contributed by atoms with Crippen molar-refractivity contribution < 1.29 is 17.9 Å². The fourth-order valence-corrected chi connectivity index (χ4v) is 3.72. The molecule has 0 saturated carbocycles. The second-order valence-electron chi connectivity index (χ2n) is 7.98. The lowest BCUT2D eigenvalue weighted by atomic mass is 10.0. The first kappa shape index (κ1) is 24.2. The van der Waals surface area contributed by atoms with Crippen LogP contribution in [0.1, 0.15) is 30.9 Å². The van der Waals surface area contributed by atoms with E-state index in [2.05, 4.69) is 45.6 Å². The summed E-state index contributed by atoms with van der Waals surface area (Å²) in [6, 6.07) is 19.1. The van der Waals surface area contributed by atoms with Gasteiger partial charge in [-0.05, 0) is 71.7 Å². The van der Waals surface area contributed by atoms with Crippen LogP contribution in [0.15, 0.2) is 78.0 Å². The topological polar surface area (TPSA) is 63.5 Å². The predicted molar refractivity (Wildman–Crippen MR) is 135 cm³/mol. The Labute approximate surface area is 205 Å². The molecular weight excluding hydrogens is 475 g/mol. The number of thiocarbonyl (C=S) groups is 1. The van der Waals surface area contributed by atoms with E-state index in [4.69, 9.17) is 12.2 Å². The van der Waals surface area contributed by atoms with E-state index in [0.29, 0.717) is 16.7 Å². The molecule has 1 aromatic heterocycles. The van der Waals surface area contributed by atoms with Crippen molar-refractivity contribution in [3.05, 3.63) is 84.1 Å². The summed E-state index contributed by atoms with van der Waals surface area (Å²) in [6.07, 6.45) is -1.41. The average Bonchev–Trinajstić information content (AvgIpc) is 3.22. The van der Waals surface area contributed by atoms with Gasteiger partial charge in [0.1, 0.15) is 5.75 Å². The number of hydrazone groups is 1. The van der Waals surface area contributed by atoms with Crippen LogP contribution in [0.5, 0.6) is 5.75 Å². The number of hydrogen-bond acceptors (Lipinski definition) is 4. The maximum Gasteiger partial charge on any atom is 0.573 e. The first-order valence-electron chi connectivity index (χ1n) is 10.7. The Morgan fingerprint density at radius 3 is 2.54 bits per heavy atom. The van der Waals surface area contributed by atoms with Crippen molar-refractivity contribution >= 4 is 40.1 Å². The number of fused-ring (bicyclic) bond motifs is 1. The minimum atomic E-state index is -4.73. The number of hydrogen-bond donors (Lipinski definition) is 2. The summed E-state index contributed by atoms with van der Waals surface area (Å²) >= 11 is 5.35. The van der Waals surface area contributed by atoms with Gasteiger partial charge in [0.15, 0.2) is 5.11 Å². The second kappa shape index (κ2) is 10.1. The standard InChI is InChI=1S/C25H22F3N5OS/c1-16(2)21-5-3-4-6-22(21)31-24(35)32-29-14-17-7-12-23-18(13-17)15-30-33(23)19-8-10-20(11-9-19)34-25(26,27)28/h3-16H,1-2H3,(H2,31,32,35)/b29-14+. The van der Waals surface area contributed by atoms with E-state index >= 15 is 0 Å². The van der Waals surface area contributed by atoms with Crippen molar-refractivity contribution in [3.63, 3.8) is 0 Å². The van der Waals surface area contributed by atoms with Gasteiger partial charge in [-0.1, -0.05) is 38.1 Å². The van der Waals surface area contributed by atoms with Crippen molar-refractivity contribution in [2.24, 2.45) is 5.10 Å². The number of ether oxygens (including phenoxy) is 1. The van der Waals surface area contributed by atoms with E-state index in [1.54, 1.807) is 17.1 Å². The highest BCUT2D eigenvalue weighted by Gasteiger charge is 2.31. The summed E-state index contributed by atoms with van der Waals surface area (Å²) in [4.78, 5) is 0. The van der Waals surface area contributed by atoms with Gasteiger partial charge in [0.25, 0.3) is 0 Å². The third-order valence-electron chi connectivity index (χ3n) is 5.12. The van der Waals surface area contributed by atoms with Crippen LogP contribution in [0.25, 0.3) is 16.6 Å². The van der Waals surface area contributed by atoms with Gasteiger partial charge >= 0.3 is 6.36 Å². The molecule has 0 radical (unpaired) electrons. The van der Waals surface area contributed by atoms with E-state index in [1.807, 2.05) is 36.4 Å². The molecule has 180 valence electrons. The summed E-state index contributed by atoms with van der Waals surface area (Å²) in [5.74, 6) is 0.0626. The Morgan fingerprint density at radius 2 is 1.83 bits per heavy atom. The summed E-state index contributed by atoms with van der Waals surface area (Å²) in [5, 5.41) is 12.9. The molecule has 0 aliphatic rings. The van der Waals surface area contributed by atoms with Crippen LogP contribution < -0.4 is 15.5 Å². The second-order valence-corrected chi connectivity index (χ2v) is 8.39. The molecule has 0 bridgehead atoms. The van der Waals surface area contributed by atoms with Crippen molar-refractivity contribution in [2.45, 2.75) is 26.1 Å². The molecule has 6 nitrogen and oxygen atoms in total. The minimum Gasteiger partial charge on any atom is -0.406 e. The van der Waals surface area contributed by atoms with Gasteiger partial charge in [-0.15, -0.1) is 13.2 Å². The Kier molecular flexibility index (Phi) is 7.02. The molecule has 0 unspecified atom stereocenters. The number of benzene rings is 3. The first-order chi connectivity index (χ1) is 16.7. The number of alkyl halides is 3. The van der Waals surface area contributed by atoms with E-state index in [9.17, 15) is 13.2 Å². The van der Waals surface area contributed by atoms with Gasteiger partial charge in [0, 0.05) is 11.1 Å². The lowest BCUT2D eigenvalue weighted by Crippen LogP contribution is -2.24. The van der Waals surface area contributed by atoms with Crippen molar-refractivity contribution in [1.82, 2.24) is 15.2 Å². The van der Waals surface area contributed by atoms with Gasteiger partial charge in [0.05, 0.1) is 23.6 Å². The minimum absolute atomic E-state index is 0.288. The molecule has 0 spiro atoms. The van der Waals surface area contributed by atoms with Gasteiger partial charge in [-0.25, -0.2) is 4.68 Å². The smallest absolute Gasteiger partial charge is 0.406 e. The number of para-hydroxylation sites is 1. The van der Waals surface area contributed by atoms with Crippen LogP contribution in [-0.4, -0.2) is 27.5 Å². The van der Waals surface area contributed by atoms with E-state index < -0.39 is 6.36 Å². The zero-order valence-corrected chi connectivity index (χ0v) is 19.7. The quantitative estimate of drug-likeness (QED) is 0.184. The summed E-state index contributed by atoms with van der Waals surface area (Å²) in [7, 11) is 0. The zero-order valence-electron chi connectivity index (χ0n) is 18.9. The first-order valence-corrected chi connectivity index (χ1v) is 11.1. The summed E-state index contributed by atoms with van der Waals surface area (Å²) < 4.78 is 42.7. The number of nitrogens with zero attached hydrogens (tertiary/aromatic N) is 3. The van der Waals surface area contributed by atoms with Gasteiger partial charge < -0.3 is 10.1 Å². The SMILES string of the molecule is CC(C)c1ccccc1NC(=S)N/N=C/c1ccc2c(cnn2-c2ccc(OC(F)(F)F)cc2)c1. The number of halogens is 3. The van der Waals surface area contributed by atoms with Gasteiger partial charge in [0.2, 0.25) is 0 Å². The fraction of sp³-hybridized carbons (Fsp3) is 0.160. The number of aromatic nitrogens is 2. The van der Waals surface area contributed by atoms with E-state index in [0.717, 1.165) is 27.7 Å². The monoisotopic (exact) mass is 497 g/mol. The van der Waals surface area contributed by atoms with E-state index in [-0.39, 0.29) is 5.75 Å². The van der Waals surface area contributed by atoms with E-state index in [1.165, 1.54) is 24.3 Å². The van der Waals surface area contributed by atoms with Gasteiger partial charge in [-0.2, -0.15) is 10.2 Å². The van der Waals surface area contributed by atoms with Crippen LogP contribution in [0.4, 0.5) is 18.9 Å². The molecule has 35 heavy (non-hydrogen) atoms. The molecule has 0 aliphatic heterocycles. The van der Waals surface area contributed by atoms with Crippen LogP contribution in [0, 0.1) is 0 Å². The Hall–Kier alpha value is -3.92. The Bertz CT molecular complexity index is 1360. The summed E-state index contributed by atoms with van der Waals surface area (Å²) in [6.45, 7) is 4.23.